The van der Waals surface area contributed by atoms with Crippen LogP contribution < -0.4 is 4.74 Å². The molecule has 0 saturated carbocycles. The molecule has 0 radical (unpaired) electrons. The van der Waals surface area contributed by atoms with E-state index in [1.165, 1.54) is 6.07 Å². The van der Waals surface area contributed by atoms with Crippen LogP contribution in [0.4, 0.5) is 4.39 Å². The van der Waals surface area contributed by atoms with E-state index in [4.69, 9.17) is 4.74 Å². The molecule has 150 valence electrons. The summed E-state index contributed by atoms with van der Waals surface area (Å²) in [6, 6.07) is 28.5. The van der Waals surface area contributed by atoms with Gasteiger partial charge in [0, 0.05) is 23.3 Å². The van der Waals surface area contributed by atoms with Gasteiger partial charge in [0.2, 0.25) is 0 Å². The number of hydrogen-bond acceptors (Lipinski definition) is 3. The summed E-state index contributed by atoms with van der Waals surface area (Å²) in [5.41, 5.74) is 4.93. The van der Waals surface area contributed by atoms with Crippen molar-refractivity contribution in [2.45, 2.75) is 6.61 Å². The van der Waals surface area contributed by atoms with Crippen LogP contribution >= 0.6 is 0 Å². The average Bonchev–Trinajstić information content (AvgIpc) is 2.83. The smallest absolute Gasteiger partial charge is 0.131 e. The molecule has 0 aliphatic heterocycles. The maximum absolute atomic E-state index is 14.7. The number of para-hydroxylation sites is 1. The summed E-state index contributed by atoms with van der Waals surface area (Å²) in [5.74, 6) is 0.479. The highest BCUT2D eigenvalue weighted by Gasteiger charge is 2.12. The lowest BCUT2D eigenvalue weighted by Gasteiger charge is -2.12. The maximum atomic E-state index is 14.7. The lowest BCUT2D eigenvalue weighted by molar-refractivity contribution is 0.302. The van der Waals surface area contributed by atoms with Crippen molar-refractivity contribution in [1.82, 2.24) is 9.97 Å². The van der Waals surface area contributed by atoms with Gasteiger partial charge in [0.1, 0.15) is 18.2 Å². The monoisotopic (exact) mass is 406 g/mol. The van der Waals surface area contributed by atoms with Crippen LogP contribution in [0.25, 0.3) is 33.2 Å². The van der Waals surface area contributed by atoms with Crippen LogP contribution in [0.5, 0.6) is 5.75 Å². The minimum atomic E-state index is -0.258. The fourth-order valence-corrected chi connectivity index (χ4v) is 3.65. The topological polar surface area (TPSA) is 35.0 Å². The van der Waals surface area contributed by atoms with Crippen molar-refractivity contribution in [3.63, 3.8) is 0 Å². The van der Waals surface area contributed by atoms with E-state index in [2.05, 4.69) is 16.0 Å². The second-order valence-corrected chi connectivity index (χ2v) is 7.21. The van der Waals surface area contributed by atoms with Crippen LogP contribution in [0.1, 0.15) is 5.69 Å². The zero-order chi connectivity index (χ0) is 21.0. The number of halogens is 1. The molecule has 0 fully saturated rings. The molecule has 0 unspecified atom stereocenters. The highest BCUT2D eigenvalue weighted by molar-refractivity contribution is 5.84. The summed E-state index contributed by atoms with van der Waals surface area (Å²) in [6.45, 7) is 0.381. The largest absolute Gasteiger partial charge is 0.487 e. The molecule has 31 heavy (non-hydrogen) atoms. The van der Waals surface area contributed by atoms with Gasteiger partial charge in [0.05, 0.1) is 11.2 Å². The Morgan fingerprint density at radius 3 is 2.35 bits per heavy atom. The van der Waals surface area contributed by atoms with E-state index >= 15 is 0 Å². The minimum Gasteiger partial charge on any atom is -0.487 e. The van der Waals surface area contributed by atoms with E-state index in [0.29, 0.717) is 12.2 Å². The molecule has 0 amide bonds. The summed E-state index contributed by atoms with van der Waals surface area (Å²) in [6.07, 6.45) is 3.34. The Morgan fingerprint density at radius 2 is 1.52 bits per heavy atom. The van der Waals surface area contributed by atoms with Crippen LogP contribution in [0.2, 0.25) is 0 Å². The Balaban J connectivity index is 1.37. The fourth-order valence-electron chi connectivity index (χ4n) is 3.65. The second-order valence-electron chi connectivity index (χ2n) is 7.21. The summed E-state index contributed by atoms with van der Waals surface area (Å²) < 4.78 is 20.6. The molecule has 0 atom stereocenters. The number of hydrogen-bond donors (Lipinski definition) is 0. The number of fused-ring (bicyclic) bond motifs is 1. The minimum absolute atomic E-state index is 0.258. The van der Waals surface area contributed by atoms with Gasteiger partial charge in [-0.05, 0) is 59.2 Å². The number of pyridine rings is 2. The predicted octanol–water partition coefficient (Wildman–Crippen LogP) is 6.68. The van der Waals surface area contributed by atoms with Gasteiger partial charge in [0.15, 0.2) is 0 Å². The molecule has 5 rings (SSSR count). The van der Waals surface area contributed by atoms with Crippen molar-refractivity contribution in [2.75, 3.05) is 0 Å². The molecular weight excluding hydrogens is 387 g/mol. The molecule has 0 spiro atoms. The van der Waals surface area contributed by atoms with Gasteiger partial charge in [0.25, 0.3) is 0 Å². The Morgan fingerprint density at radius 1 is 0.710 bits per heavy atom. The van der Waals surface area contributed by atoms with Crippen molar-refractivity contribution in [3.8, 4) is 28.0 Å². The molecule has 0 N–H and O–H groups in total. The Kier molecular flexibility index (Phi) is 5.11. The first-order valence-corrected chi connectivity index (χ1v) is 10.0. The molecule has 0 aliphatic rings. The van der Waals surface area contributed by atoms with E-state index in [-0.39, 0.29) is 5.82 Å². The van der Waals surface area contributed by atoms with E-state index in [1.807, 2.05) is 72.8 Å². The molecule has 0 bridgehead atoms. The number of ether oxygens (including phenoxy) is 1. The zero-order valence-corrected chi connectivity index (χ0v) is 16.7. The highest BCUT2D eigenvalue weighted by atomic mass is 19.1. The first-order chi connectivity index (χ1) is 15.3. The first-order valence-electron chi connectivity index (χ1n) is 10.0. The SMILES string of the molecule is Fc1cccc(-c2ccc(OCc3ccc4ccccc4n3)cc2)c1-c1ccncc1. The van der Waals surface area contributed by atoms with Crippen LogP contribution in [0, 0.1) is 5.82 Å². The predicted molar refractivity (Wildman–Crippen MR) is 121 cm³/mol. The van der Waals surface area contributed by atoms with Crippen molar-refractivity contribution in [1.29, 1.82) is 0 Å². The zero-order valence-electron chi connectivity index (χ0n) is 16.7. The van der Waals surface area contributed by atoms with Crippen LogP contribution in [-0.4, -0.2) is 9.97 Å². The van der Waals surface area contributed by atoms with E-state index in [0.717, 1.165) is 39.0 Å². The molecule has 0 saturated heterocycles. The van der Waals surface area contributed by atoms with E-state index in [1.54, 1.807) is 18.5 Å². The molecule has 3 aromatic carbocycles. The Hall–Kier alpha value is -4.05. The fraction of sp³-hybridized carbons (Fsp3) is 0.0370. The van der Waals surface area contributed by atoms with Crippen LogP contribution in [0.15, 0.2) is 103 Å². The quantitative estimate of drug-likeness (QED) is 0.326. The lowest BCUT2D eigenvalue weighted by Crippen LogP contribution is -1.98. The molecule has 5 aromatic rings. The van der Waals surface area contributed by atoms with Gasteiger partial charge >= 0.3 is 0 Å². The van der Waals surface area contributed by atoms with Crippen molar-refractivity contribution >= 4 is 10.9 Å². The Bertz CT molecular complexity index is 1330. The van der Waals surface area contributed by atoms with Gasteiger partial charge in [-0.2, -0.15) is 0 Å². The van der Waals surface area contributed by atoms with Crippen molar-refractivity contribution in [2.24, 2.45) is 0 Å². The van der Waals surface area contributed by atoms with Crippen LogP contribution in [-0.2, 0) is 6.61 Å². The van der Waals surface area contributed by atoms with Crippen molar-refractivity contribution in [3.05, 3.63) is 115 Å². The number of nitrogens with zero attached hydrogens (tertiary/aromatic N) is 2. The van der Waals surface area contributed by atoms with Crippen LogP contribution in [0.3, 0.4) is 0 Å². The van der Waals surface area contributed by atoms with Gasteiger partial charge in [-0.3, -0.25) is 4.98 Å². The summed E-state index contributed by atoms with van der Waals surface area (Å²) >= 11 is 0. The van der Waals surface area contributed by atoms with Crippen molar-refractivity contribution < 1.29 is 9.13 Å². The molecule has 0 aliphatic carbocycles. The number of aromatic nitrogens is 2. The number of rotatable bonds is 5. The van der Waals surface area contributed by atoms with Gasteiger partial charge < -0.3 is 4.74 Å². The van der Waals surface area contributed by atoms with E-state index in [9.17, 15) is 4.39 Å². The summed E-state index contributed by atoms with van der Waals surface area (Å²) in [4.78, 5) is 8.67. The van der Waals surface area contributed by atoms with E-state index < -0.39 is 0 Å². The summed E-state index contributed by atoms with van der Waals surface area (Å²) in [5, 5.41) is 1.11. The molecule has 2 heterocycles. The first kappa shape index (κ1) is 18.9. The summed E-state index contributed by atoms with van der Waals surface area (Å²) in [7, 11) is 0. The molecule has 4 heteroatoms. The van der Waals surface area contributed by atoms with Gasteiger partial charge in [-0.25, -0.2) is 9.37 Å². The third-order valence-corrected chi connectivity index (χ3v) is 5.19. The normalized spacial score (nSPS) is 10.9. The second kappa shape index (κ2) is 8.36. The molecular formula is C27H19FN2O. The van der Waals surface area contributed by atoms with Gasteiger partial charge in [-0.15, -0.1) is 0 Å². The number of benzene rings is 3. The third-order valence-electron chi connectivity index (χ3n) is 5.19. The van der Waals surface area contributed by atoms with Gasteiger partial charge in [-0.1, -0.05) is 48.5 Å². The third kappa shape index (κ3) is 4.01. The highest BCUT2D eigenvalue weighted by Crippen LogP contribution is 2.34. The maximum Gasteiger partial charge on any atom is 0.131 e. The standard InChI is InChI=1S/C27H19FN2O/c28-25-6-3-5-24(27(25)21-14-16-29-17-15-21)19-9-12-23(13-10-19)31-18-22-11-8-20-4-1-2-7-26(20)30-22/h1-17H,18H2. The molecule has 2 aromatic heterocycles. The lowest BCUT2D eigenvalue weighted by atomic mass is 9.94. The Labute approximate surface area is 179 Å². The average molecular weight is 406 g/mol. The molecule has 3 nitrogen and oxygen atoms in total.